The molecule has 2 aromatic carbocycles. The van der Waals surface area contributed by atoms with Gasteiger partial charge >= 0.3 is 0 Å². The Bertz CT molecular complexity index is 866. The van der Waals surface area contributed by atoms with Crippen LogP contribution in [0.5, 0.6) is 0 Å². The number of aliphatic hydroxyl groups is 1. The summed E-state index contributed by atoms with van der Waals surface area (Å²) in [7, 11) is 1.62. The first-order chi connectivity index (χ1) is 11.7. The summed E-state index contributed by atoms with van der Waals surface area (Å²) in [6.07, 6.45) is 1.45. The molecule has 1 amide bonds. The maximum atomic E-state index is 11.8. The standard InChI is InChI=1S/C19H21N3O2/c1-3-18-21-16-12-14(19(24)20-2)6-9-17(16)22(18)15-7-4-13(5-8-15)10-11-23/h4-9,12,23H,3,10-11H2,1-2H3,(H,20,24). The highest BCUT2D eigenvalue weighted by Crippen LogP contribution is 2.23. The van der Waals surface area contributed by atoms with E-state index in [9.17, 15) is 4.79 Å². The highest BCUT2D eigenvalue weighted by molar-refractivity contribution is 5.97. The zero-order chi connectivity index (χ0) is 17.1. The van der Waals surface area contributed by atoms with E-state index >= 15 is 0 Å². The van der Waals surface area contributed by atoms with Crippen molar-refractivity contribution >= 4 is 16.9 Å². The minimum Gasteiger partial charge on any atom is -0.396 e. The first-order valence-corrected chi connectivity index (χ1v) is 8.11. The summed E-state index contributed by atoms with van der Waals surface area (Å²) in [6, 6.07) is 13.7. The average molecular weight is 323 g/mol. The second-order valence-electron chi connectivity index (χ2n) is 5.64. The number of hydrogen-bond acceptors (Lipinski definition) is 3. The van der Waals surface area contributed by atoms with E-state index in [-0.39, 0.29) is 12.5 Å². The van der Waals surface area contributed by atoms with Crippen LogP contribution in [0.1, 0.15) is 28.7 Å². The number of nitrogens with one attached hydrogen (secondary N) is 1. The molecule has 2 N–H and O–H groups in total. The van der Waals surface area contributed by atoms with Crippen LogP contribution in [-0.2, 0) is 12.8 Å². The topological polar surface area (TPSA) is 67.2 Å². The van der Waals surface area contributed by atoms with Crippen molar-refractivity contribution in [1.82, 2.24) is 14.9 Å². The molecule has 0 atom stereocenters. The lowest BCUT2D eigenvalue weighted by Gasteiger charge is -2.09. The third-order valence-electron chi connectivity index (χ3n) is 4.12. The van der Waals surface area contributed by atoms with Gasteiger partial charge in [-0.1, -0.05) is 19.1 Å². The van der Waals surface area contributed by atoms with Gasteiger partial charge in [0.15, 0.2) is 0 Å². The Hall–Kier alpha value is -2.66. The molecule has 3 rings (SSSR count). The average Bonchev–Trinajstić information content (AvgIpc) is 2.99. The van der Waals surface area contributed by atoms with Crippen molar-refractivity contribution in [3.8, 4) is 5.69 Å². The fourth-order valence-corrected chi connectivity index (χ4v) is 2.88. The Labute approximate surface area is 141 Å². The summed E-state index contributed by atoms with van der Waals surface area (Å²) in [5.41, 5.74) is 4.53. The highest BCUT2D eigenvalue weighted by atomic mass is 16.2. The number of imidazole rings is 1. The van der Waals surface area contributed by atoms with Crippen molar-refractivity contribution in [1.29, 1.82) is 0 Å². The van der Waals surface area contributed by atoms with Crippen LogP contribution in [-0.4, -0.2) is 34.2 Å². The molecule has 24 heavy (non-hydrogen) atoms. The lowest BCUT2D eigenvalue weighted by Crippen LogP contribution is -2.17. The molecule has 124 valence electrons. The molecule has 0 spiro atoms. The maximum absolute atomic E-state index is 11.8. The lowest BCUT2D eigenvalue weighted by molar-refractivity contribution is 0.0963. The molecule has 3 aromatic rings. The van der Waals surface area contributed by atoms with Gasteiger partial charge in [-0.05, 0) is 42.3 Å². The van der Waals surface area contributed by atoms with Crippen molar-refractivity contribution in [3.05, 3.63) is 59.4 Å². The molecule has 5 nitrogen and oxygen atoms in total. The lowest BCUT2D eigenvalue weighted by atomic mass is 10.1. The number of aryl methyl sites for hydroxylation is 1. The zero-order valence-corrected chi connectivity index (χ0v) is 13.9. The minimum atomic E-state index is -0.113. The SMILES string of the molecule is CCc1nc2cc(C(=O)NC)ccc2n1-c1ccc(CCO)cc1. The van der Waals surface area contributed by atoms with Gasteiger partial charge in [0.05, 0.1) is 11.0 Å². The van der Waals surface area contributed by atoms with Gasteiger partial charge in [0, 0.05) is 31.3 Å². The maximum Gasteiger partial charge on any atom is 0.251 e. The molecule has 0 radical (unpaired) electrons. The van der Waals surface area contributed by atoms with Crippen LogP contribution < -0.4 is 5.32 Å². The summed E-state index contributed by atoms with van der Waals surface area (Å²) >= 11 is 0. The number of rotatable bonds is 5. The highest BCUT2D eigenvalue weighted by Gasteiger charge is 2.13. The second kappa shape index (κ2) is 6.84. The fraction of sp³-hybridized carbons (Fsp3) is 0.263. The number of aliphatic hydroxyl groups excluding tert-OH is 1. The monoisotopic (exact) mass is 323 g/mol. The second-order valence-corrected chi connectivity index (χ2v) is 5.64. The largest absolute Gasteiger partial charge is 0.396 e. The number of carbonyl (C=O) groups excluding carboxylic acids is 1. The first kappa shape index (κ1) is 16.2. The third-order valence-corrected chi connectivity index (χ3v) is 4.12. The molecule has 0 fully saturated rings. The van der Waals surface area contributed by atoms with E-state index in [1.54, 1.807) is 7.05 Å². The number of fused-ring (bicyclic) bond motifs is 1. The summed E-state index contributed by atoms with van der Waals surface area (Å²) in [6.45, 7) is 2.22. The molecular weight excluding hydrogens is 302 g/mol. The molecule has 0 unspecified atom stereocenters. The number of aromatic nitrogens is 2. The number of nitrogens with zero attached hydrogens (tertiary/aromatic N) is 2. The Morgan fingerprint density at radius 3 is 2.58 bits per heavy atom. The summed E-state index contributed by atoms with van der Waals surface area (Å²) in [5.74, 6) is 0.840. The predicted octanol–water partition coefficient (Wildman–Crippen LogP) is 2.48. The molecular formula is C19H21N3O2. The van der Waals surface area contributed by atoms with Gasteiger partial charge in [0.2, 0.25) is 0 Å². The van der Waals surface area contributed by atoms with E-state index in [4.69, 9.17) is 5.11 Å². The van der Waals surface area contributed by atoms with Crippen molar-refractivity contribution in [2.75, 3.05) is 13.7 Å². The molecule has 1 aromatic heterocycles. The number of hydrogen-bond donors (Lipinski definition) is 2. The Balaban J connectivity index is 2.10. The van der Waals surface area contributed by atoms with Gasteiger partial charge in [-0.25, -0.2) is 4.98 Å². The van der Waals surface area contributed by atoms with E-state index in [2.05, 4.69) is 21.8 Å². The van der Waals surface area contributed by atoms with E-state index in [1.165, 1.54) is 0 Å². The van der Waals surface area contributed by atoms with Crippen LogP contribution in [0.4, 0.5) is 0 Å². The smallest absolute Gasteiger partial charge is 0.251 e. The van der Waals surface area contributed by atoms with E-state index in [0.29, 0.717) is 12.0 Å². The predicted molar refractivity (Wildman–Crippen MR) is 94.6 cm³/mol. The summed E-state index contributed by atoms with van der Waals surface area (Å²) in [4.78, 5) is 16.5. The Kier molecular flexibility index (Phi) is 4.62. The van der Waals surface area contributed by atoms with Crippen LogP contribution in [0.25, 0.3) is 16.7 Å². The Morgan fingerprint density at radius 2 is 1.96 bits per heavy atom. The van der Waals surface area contributed by atoms with E-state index in [0.717, 1.165) is 34.5 Å². The number of benzene rings is 2. The molecule has 0 aliphatic rings. The van der Waals surface area contributed by atoms with Gasteiger partial charge in [-0.2, -0.15) is 0 Å². The van der Waals surface area contributed by atoms with Crippen LogP contribution in [0.3, 0.4) is 0 Å². The first-order valence-electron chi connectivity index (χ1n) is 8.11. The van der Waals surface area contributed by atoms with Crippen molar-refractivity contribution < 1.29 is 9.90 Å². The van der Waals surface area contributed by atoms with Crippen LogP contribution in [0.15, 0.2) is 42.5 Å². The quantitative estimate of drug-likeness (QED) is 0.758. The molecule has 5 heteroatoms. The van der Waals surface area contributed by atoms with Crippen molar-refractivity contribution in [2.45, 2.75) is 19.8 Å². The zero-order valence-electron chi connectivity index (χ0n) is 13.9. The van der Waals surface area contributed by atoms with Gasteiger partial charge < -0.3 is 10.4 Å². The molecule has 0 aliphatic heterocycles. The number of amides is 1. The normalized spacial score (nSPS) is 11.0. The molecule has 0 aliphatic carbocycles. The fourth-order valence-electron chi connectivity index (χ4n) is 2.88. The summed E-state index contributed by atoms with van der Waals surface area (Å²) < 4.78 is 2.12. The van der Waals surface area contributed by atoms with Crippen LogP contribution in [0.2, 0.25) is 0 Å². The van der Waals surface area contributed by atoms with Crippen LogP contribution >= 0.6 is 0 Å². The molecule has 1 heterocycles. The molecule has 0 saturated heterocycles. The molecule has 0 saturated carbocycles. The van der Waals surface area contributed by atoms with E-state index in [1.807, 2.05) is 42.5 Å². The Morgan fingerprint density at radius 1 is 1.21 bits per heavy atom. The van der Waals surface area contributed by atoms with Gasteiger partial charge in [-0.3, -0.25) is 9.36 Å². The summed E-state index contributed by atoms with van der Waals surface area (Å²) in [5, 5.41) is 11.7. The van der Waals surface area contributed by atoms with Crippen molar-refractivity contribution in [3.63, 3.8) is 0 Å². The molecule has 0 bridgehead atoms. The van der Waals surface area contributed by atoms with E-state index < -0.39 is 0 Å². The third kappa shape index (κ3) is 2.90. The van der Waals surface area contributed by atoms with Crippen LogP contribution in [0, 0.1) is 0 Å². The van der Waals surface area contributed by atoms with Crippen molar-refractivity contribution in [2.24, 2.45) is 0 Å². The minimum absolute atomic E-state index is 0.113. The van der Waals surface area contributed by atoms with Gasteiger partial charge in [-0.15, -0.1) is 0 Å². The number of carbonyl (C=O) groups is 1. The van der Waals surface area contributed by atoms with Gasteiger partial charge in [0.25, 0.3) is 5.91 Å². The van der Waals surface area contributed by atoms with Gasteiger partial charge in [0.1, 0.15) is 5.82 Å².